The first-order valence-electron chi connectivity index (χ1n) is 6.31. The third kappa shape index (κ3) is 4.25. The van der Waals surface area contributed by atoms with Crippen LogP contribution in [0.15, 0.2) is 42.5 Å². The number of rotatable bonds is 4. The summed E-state index contributed by atoms with van der Waals surface area (Å²) in [7, 11) is 0. The van der Waals surface area contributed by atoms with E-state index in [1.54, 1.807) is 0 Å². The lowest BCUT2D eigenvalue weighted by atomic mass is 10.1. The van der Waals surface area contributed by atoms with Gasteiger partial charge in [0.2, 0.25) is 0 Å². The molecule has 2 aromatic rings. The van der Waals surface area contributed by atoms with E-state index in [2.05, 4.69) is 10.6 Å². The number of aliphatic hydroxyl groups is 1. The highest BCUT2D eigenvalue weighted by molar-refractivity contribution is 6.00. The number of urea groups is 1. The van der Waals surface area contributed by atoms with Gasteiger partial charge in [-0.05, 0) is 42.3 Å². The minimum atomic E-state index is -0.620. The summed E-state index contributed by atoms with van der Waals surface area (Å²) in [6, 6.07) is 8.70. The first-order chi connectivity index (χ1) is 10.1. The monoisotopic (exact) mass is 292 g/mol. The Morgan fingerprint density at radius 2 is 1.81 bits per heavy atom. The van der Waals surface area contributed by atoms with E-state index in [-0.39, 0.29) is 24.4 Å². The zero-order valence-corrected chi connectivity index (χ0v) is 11.1. The second-order valence-electron chi connectivity index (χ2n) is 4.36. The Morgan fingerprint density at radius 1 is 1.05 bits per heavy atom. The molecule has 0 heterocycles. The fourth-order valence-corrected chi connectivity index (χ4v) is 1.85. The van der Waals surface area contributed by atoms with Crippen molar-refractivity contribution in [2.75, 3.05) is 17.2 Å². The highest BCUT2D eigenvalue weighted by Crippen LogP contribution is 2.18. The summed E-state index contributed by atoms with van der Waals surface area (Å²) in [4.78, 5) is 11.8. The van der Waals surface area contributed by atoms with Crippen molar-refractivity contribution >= 4 is 17.4 Å². The molecule has 0 aliphatic heterocycles. The number of aliphatic hydroxyl groups excluding tert-OH is 1. The maximum Gasteiger partial charge on any atom is 0.323 e. The summed E-state index contributed by atoms with van der Waals surface area (Å²) in [5.41, 5.74) is 1.15. The van der Waals surface area contributed by atoms with Crippen molar-refractivity contribution in [3.8, 4) is 0 Å². The Hall–Kier alpha value is -2.47. The highest BCUT2D eigenvalue weighted by atomic mass is 19.1. The normalized spacial score (nSPS) is 10.2. The molecule has 3 N–H and O–H groups in total. The summed E-state index contributed by atoms with van der Waals surface area (Å²) in [6.07, 6.45) is 0.288. The number of anilines is 2. The van der Waals surface area contributed by atoms with Gasteiger partial charge in [0.05, 0.1) is 0 Å². The van der Waals surface area contributed by atoms with Gasteiger partial charge in [0.15, 0.2) is 0 Å². The van der Waals surface area contributed by atoms with E-state index in [1.165, 1.54) is 36.4 Å². The van der Waals surface area contributed by atoms with Gasteiger partial charge < -0.3 is 15.7 Å². The molecule has 0 atom stereocenters. The molecular weight excluding hydrogens is 278 g/mol. The van der Waals surface area contributed by atoms with Crippen LogP contribution in [0.25, 0.3) is 0 Å². The predicted octanol–water partition coefficient (Wildman–Crippen LogP) is 3.14. The maximum absolute atomic E-state index is 13.2. The summed E-state index contributed by atoms with van der Waals surface area (Å²) in [5, 5.41) is 13.9. The van der Waals surface area contributed by atoms with Crippen LogP contribution in [0.2, 0.25) is 0 Å². The summed E-state index contributed by atoms with van der Waals surface area (Å²) >= 11 is 0. The first-order valence-corrected chi connectivity index (χ1v) is 6.31. The summed E-state index contributed by atoms with van der Waals surface area (Å²) < 4.78 is 26.2. The Labute approximate surface area is 120 Å². The Morgan fingerprint density at radius 3 is 2.52 bits per heavy atom. The van der Waals surface area contributed by atoms with Gasteiger partial charge >= 0.3 is 6.03 Å². The van der Waals surface area contributed by atoms with Crippen LogP contribution in [0.1, 0.15) is 5.56 Å². The number of hydrogen-bond donors (Lipinski definition) is 3. The second-order valence-corrected chi connectivity index (χ2v) is 4.36. The number of amides is 2. The molecule has 2 amide bonds. The van der Waals surface area contributed by atoms with E-state index in [9.17, 15) is 13.6 Å². The van der Waals surface area contributed by atoms with Crippen molar-refractivity contribution in [2.45, 2.75) is 6.42 Å². The quantitative estimate of drug-likeness (QED) is 0.810. The van der Waals surface area contributed by atoms with Gasteiger partial charge in [-0.3, -0.25) is 0 Å². The molecule has 0 saturated carbocycles. The van der Waals surface area contributed by atoms with Gasteiger partial charge in [-0.25, -0.2) is 13.6 Å². The Bertz CT molecular complexity index is 647. The van der Waals surface area contributed by atoms with E-state index in [0.717, 1.165) is 6.07 Å². The smallest absolute Gasteiger partial charge is 0.323 e. The number of carbonyl (C=O) groups is 1. The van der Waals surface area contributed by atoms with Crippen LogP contribution in [0, 0.1) is 11.6 Å². The van der Waals surface area contributed by atoms with Crippen molar-refractivity contribution in [1.29, 1.82) is 0 Å². The summed E-state index contributed by atoms with van der Waals surface area (Å²) in [6.45, 7) is -0.119. The maximum atomic E-state index is 13.2. The Kier molecular flexibility index (Phi) is 4.84. The molecule has 0 radical (unpaired) electrons. The molecule has 0 unspecified atom stereocenters. The molecule has 0 spiro atoms. The van der Waals surface area contributed by atoms with Crippen LogP contribution in [-0.2, 0) is 6.42 Å². The SMILES string of the molecule is O=C(Nc1cccc(F)c1)Nc1cc(F)ccc1CCO. The van der Waals surface area contributed by atoms with Gasteiger partial charge in [-0.15, -0.1) is 0 Å². The lowest BCUT2D eigenvalue weighted by molar-refractivity contribution is 0.262. The highest BCUT2D eigenvalue weighted by Gasteiger charge is 2.08. The number of benzene rings is 2. The number of hydrogen-bond acceptors (Lipinski definition) is 2. The van der Waals surface area contributed by atoms with Crippen molar-refractivity contribution in [3.05, 3.63) is 59.7 Å². The lowest BCUT2D eigenvalue weighted by Crippen LogP contribution is -2.20. The van der Waals surface area contributed by atoms with Crippen LogP contribution in [0.3, 0.4) is 0 Å². The van der Waals surface area contributed by atoms with Crippen LogP contribution in [-0.4, -0.2) is 17.7 Å². The minimum Gasteiger partial charge on any atom is -0.396 e. The molecule has 4 nitrogen and oxygen atoms in total. The molecule has 0 bridgehead atoms. The second kappa shape index (κ2) is 6.81. The van der Waals surface area contributed by atoms with E-state index in [4.69, 9.17) is 5.11 Å². The molecule has 6 heteroatoms. The molecule has 0 aliphatic carbocycles. The molecule has 0 saturated heterocycles. The number of carbonyl (C=O) groups excluding carboxylic acids is 1. The van der Waals surface area contributed by atoms with Crippen LogP contribution >= 0.6 is 0 Å². The molecule has 21 heavy (non-hydrogen) atoms. The van der Waals surface area contributed by atoms with Gasteiger partial charge in [0.25, 0.3) is 0 Å². The van der Waals surface area contributed by atoms with Crippen molar-refractivity contribution in [2.24, 2.45) is 0 Å². The van der Waals surface area contributed by atoms with Crippen molar-refractivity contribution in [3.63, 3.8) is 0 Å². The fraction of sp³-hybridized carbons (Fsp3) is 0.133. The van der Waals surface area contributed by atoms with Gasteiger partial charge in [0, 0.05) is 18.0 Å². The van der Waals surface area contributed by atoms with Crippen molar-refractivity contribution in [1.82, 2.24) is 0 Å². The standard InChI is InChI=1S/C15H14F2N2O2/c16-11-2-1-3-13(8-11)18-15(21)19-14-9-12(17)5-4-10(14)6-7-20/h1-5,8-9,20H,6-7H2,(H2,18,19,21). The van der Waals surface area contributed by atoms with Gasteiger partial charge in [-0.1, -0.05) is 12.1 Å². The number of halogens is 2. The number of nitrogens with one attached hydrogen (secondary N) is 2. The van der Waals surface area contributed by atoms with E-state index in [0.29, 0.717) is 5.56 Å². The van der Waals surface area contributed by atoms with Gasteiger partial charge in [-0.2, -0.15) is 0 Å². The van der Waals surface area contributed by atoms with Crippen LogP contribution < -0.4 is 10.6 Å². The molecule has 0 fully saturated rings. The third-order valence-corrected chi connectivity index (χ3v) is 2.78. The topological polar surface area (TPSA) is 61.4 Å². The molecule has 110 valence electrons. The summed E-state index contributed by atoms with van der Waals surface area (Å²) in [5.74, 6) is -0.975. The molecule has 2 rings (SSSR count). The fourth-order valence-electron chi connectivity index (χ4n) is 1.85. The van der Waals surface area contributed by atoms with Crippen LogP contribution in [0.4, 0.5) is 25.0 Å². The zero-order chi connectivity index (χ0) is 15.2. The van der Waals surface area contributed by atoms with E-state index in [1.807, 2.05) is 0 Å². The Balaban J connectivity index is 2.10. The van der Waals surface area contributed by atoms with Crippen LogP contribution in [0.5, 0.6) is 0 Å². The minimum absolute atomic E-state index is 0.119. The average Bonchev–Trinajstić information content (AvgIpc) is 2.42. The predicted molar refractivity (Wildman–Crippen MR) is 76.2 cm³/mol. The molecule has 0 aliphatic rings. The largest absolute Gasteiger partial charge is 0.396 e. The van der Waals surface area contributed by atoms with E-state index >= 15 is 0 Å². The van der Waals surface area contributed by atoms with Crippen molar-refractivity contribution < 1.29 is 18.7 Å². The lowest BCUT2D eigenvalue weighted by Gasteiger charge is -2.11. The molecule has 2 aromatic carbocycles. The molecule has 0 aromatic heterocycles. The van der Waals surface area contributed by atoms with Gasteiger partial charge in [0.1, 0.15) is 11.6 Å². The third-order valence-electron chi connectivity index (χ3n) is 2.78. The first kappa shape index (κ1) is 14.9. The zero-order valence-electron chi connectivity index (χ0n) is 11.1. The van der Waals surface area contributed by atoms with E-state index < -0.39 is 17.7 Å². The molecular formula is C15H14F2N2O2. The average molecular weight is 292 g/mol.